The average Bonchev–Trinajstić information content (AvgIpc) is 2.90. The van der Waals surface area contributed by atoms with Crippen LogP contribution in [0.4, 0.5) is 0 Å². The van der Waals surface area contributed by atoms with Gasteiger partial charge in [-0.25, -0.2) is 8.42 Å². The molecule has 0 spiro atoms. The molecule has 4 nitrogen and oxygen atoms in total. The van der Waals surface area contributed by atoms with Crippen molar-refractivity contribution in [3.8, 4) is 0 Å². The summed E-state index contributed by atoms with van der Waals surface area (Å²) in [6.07, 6.45) is 2.13. The van der Waals surface area contributed by atoms with Gasteiger partial charge in [0.15, 0.2) is 9.84 Å². The highest BCUT2D eigenvalue weighted by molar-refractivity contribution is 8.00. The molecule has 0 amide bonds. The van der Waals surface area contributed by atoms with Crippen molar-refractivity contribution >= 4 is 27.6 Å². The summed E-state index contributed by atoms with van der Waals surface area (Å²) in [4.78, 5) is 10.7. The Morgan fingerprint density at radius 3 is 2.28 bits per heavy atom. The van der Waals surface area contributed by atoms with Crippen LogP contribution in [0.1, 0.15) is 40.0 Å². The maximum atomic E-state index is 11.9. The third kappa shape index (κ3) is 4.46. The summed E-state index contributed by atoms with van der Waals surface area (Å²) in [6, 6.07) is 0. The molecule has 1 N–H and O–H groups in total. The summed E-state index contributed by atoms with van der Waals surface area (Å²) in [5, 5.41) is 8.78. The first kappa shape index (κ1) is 15.8. The minimum Gasteiger partial charge on any atom is -0.481 e. The van der Waals surface area contributed by atoms with Gasteiger partial charge in [0.05, 0.1) is 16.9 Å². The van der Waals surface area contributed by atoms with Gasteiger partial charge in [-0.3, -0.25) is 4.79 Å². The van der Waals surface area contributed by atoms with Crippen molar-refractivity contribution in [3.05, 3.63) is 0 Å². The van der Waals surface area contributed by atoms with Crippen molar-refractivity contribution in [1.29, 1.82) is 0 Å². The van der Waals surface area contributed by atoms with E-state index in [1.165, 1.54) is 0 Å². The highest BCUT2D eigenvalue weighted by atomic mass is 32.2. The van der Waals surface area contributed by atoms with E-state index >= 15 is 0 Å². The zero-order chi connectivity index (χ0) is 14.0. The molecule has 0 unspecified atom stereocenters. The summed E-state index contributed by atoms with van der Waals surface area (Å²) in [6.45, 7) is 5.12. The summed E-state index contributed by atoms with van der Waals surface area (Å²) >= 11 is 1.57. The lowest BCUT2D eigenvalue weighted by Crippen LogP contribution is -2.31. The van der Waals surface area contributed by atoms with Crippen molar-refractivity contribution in [2.45, 2.75) is 44.8 Å². The number of sulfone groups is 1. The fourth-order valence-electron chi connectivity index (χ4n) is 1.63. The number of aliphatic carboxylic acids is 1. The van der Waals surface area contributed by atoms with Gasteiger partial charge in [0.2, 0.25) is 0 Å². The van der Waals surface area contributed by atoms with Crippen LogP contribution in [0.5, 0.6) is 0 Å². The average molecular weight is 294 g/mol. The molecule has 0 radical (unpaired) electrons. The van der Waals surface area contributed by atoms with Crippen molar-refractivity contribution in [2.24, 2.45) is 5.41 Å². The summed E-state index contributed by atoms with van der Waals surface area (Å²) in [5.41, 5.74) is -0.0536. The molecule has 0 aliphatic heterocycles. The van der Waals surface area contributed by atoms with Crippen molar-refractivity contribution in [2.75, 3.05) is 17.3 Å². The van der Waals surface area contributed by atoms with Crippen molar-refractivity contribution in [1.82, 2.24) is 0 Å². The minimum atomic E-state index is -3.06. The van der Waals surface area contributed by atoms with E-state index < -0.39 is 20.6 Å². The number of carboxylic acid groups (broad SMARTS) is 1. The van der Waals surface area contributed by atoms with Crippen LogP contribution in [0, 0.1) is 5.41 Å². The molecule has 0 aromatic carbocycles. The highest BCUT2D eigenvalue weighted by Gasteiger charge is 2.44. The van der Waals surface area contributed by atoms with Gasteiger partial charge >= 0.3 is 5.97 Å². The largest absolute Gasteiger partial charge is 0.481 e. The van der Waals surface area contributed by atoms with Crippen LogP contribution in [0.25, 0.3) is 0 Å². The van der Waals surface area contributed by atoms with E-state index in [-0.39, 0.29) is 17.6 Å². The van der Waals surface area contributed by atoms with Gasteiger partial charge in [-0.2, -0.15) is 11.8 Å². The van der Waals surface area contributed by atoms with Crippen LogP contribution >= 0.6 is 11.8 Å². The fourth-order valence-corrected chi connectivity index (χ4v) is 4.56. The van der Waals surface area contributed by atoms with Crippen LogP contribution in [-0.2, 0) is 14.6 Å². The molecule has 0 atom stereocenters. The first-order valence-corrected chi connectivity index (χ1v) is 8.91. The van der Waals surface area contributed by atoms with E-state index in [0.717, 1.165) is 18.6 Å². The number of carbonyl (C=O) groups is 1. The van der Waals surface area contributed by atoms with Gasteiger partial charge in [-0.1, -0.05) is 0 Å². The molecule has 1 saturated carbocycles. The smallest absolute Gasteiger partial charge is 0.303 e. The predicted octanol–water partition coefficient (Wildman–Crippen LogP) is 2.19. The summed E-state index contributed by atoms with van der Waals surface area (Å²) in [7, 11) is -3.06. The van der Waals surface area contributed by atoms with E-state index in [0.29, 0.717) is 5.75 Å². The van der Waals surface area contributed by atoms with Crippen LogP contribution in [0.2, 0.25) is 0 Å². The Hall–Kier alpha value is -0.230. The Bertz CT molecular complexity index is 402. The molecular weight excluding hydrogens is 272 g/mol. The number of carboxylic acids is 1. The molecule has 1 aliphatic rings. The van der Waals surface area contributed by atoms with Crippen LogP contribution < -0.4 is 0 Å². The zero-order valence-corrected chi connectivity index (χ0v) is 12.9. The molecule has 1 rings (SSSR count). The third-order valence-electron chi connectivity index (χ3n) is 3.32. The molecule has 1 fully saturated rings. The van der Waals surface area contributed by atoms with Gasteiger partial charge in [0.1, 0.15) is 0 Å². The molecule has 0 heterocycles. The van der Waals surface area contributed by atoms with Crippen LogP contribution in [0.3, 0.4) is 0 Å². The molecule has 106 valence electrons. The molecule has 0 aromatic rings. The monoisotopic (exact) mass is 294 g/mol. The van der Waals surface area contributed by atoms with Gasteiger partial charge in [-0.15, -0.1) is 0 Å². The molecule has 0 bridgehead atoms. The Morgan fingerprint density at radius 1 is 1.33 bits per heavy atom. The van der Waals surface area contributed by atoms with E-state index in [9.17, 15) is 13.2 Å². The zero-order valence-electron chi connectivity index (χ0n) is 11.2. The second kappa shape index (κ2) is 5.41. The SMILES string of the molecule is CC(C)(C)S(=O)(=O)CCSCC1(CC(=O)O)CC1. The maximum absolute atomic E-state index is 11.9. The third-order valence-corrected chi connectivity index (χ3v) is 7.50. The number of hydrogen-bond acceptors (Lipinski definition) is 4. The Balaban J connectivity index is 2.30. The Labute approximate surface area is 113 Å². The Morgan fingerprint density at radius 2 is 1.89 bits per heavy atom. The first-order chi connectivity index (χ1) is 8.08. The molecule has 18 heavy (non-hydrogen) atoms. The van der Waals surface area contributed by atoms with E-state index in [1.54, 1.807) is 32.5 Å². The van der Waals surface area contributed by atoms with Crippen molar-refractivity contribution in [3.63, 3.8) is 0 Å². The molecular formula is C12H22O4S2. The van der Waals surface area contributed by atoms with Gasteiger partial charge in [-0.05, 0) is 44.8 Å². The summed E-state index contributed by atoms with van der Waals surface area (Å²) in [5.74, 6) is 0.736. The van der Waals surface area contributed by atoms with E-state index in [4.69, 9.17) is 5.11 Å². The minimum absolute atomic E-state index is 0.0536. The van der Waals surface area contributed by atoms with Crippen LogP contribution in [-0.4, -0.2) is 41.5 Å². The lowest BCUT2D eigenvalue weighted by molar-refractivity contribution is -0.138. The lowest BCUT2D eigenvalue weighted by Gasteiger charge is -2.19. The van der Waals surface area contributed by atoms with Gasteiger partial charge in [0.25, 0.3) is 0 Å². The first-order valence-electron chi connectivity index (χ1n) is 6.10. The highest BCUT2D eigenvalue weighted by Crippen LogP contribution is 2.51. The standard InChI is InChI=1S/C12H22O4S2/c1-11(2,3)18(15,16)7-6-17-9-12(4-5-12)8-10(13)14/h4-9H2,1-3H3,(H,13,14). The maximum Gasteiger partial charge on any atom is 0.303 e. The second-order valence-electron chi connectivity index (χ2n) is 6.05. The van der Waals surface area contributed by atoms with Gasteiger partial charge in [0, 0.05) is 5.75 Å². The van der Waals surface area contributed by atoms with E-state index in [1.807, 2.05) is 0 Å². The fraction of sp³-hybridized carbons (Fsp3) is 0.917. The topological polar surface area (TPSA) is 71.4 Å². The van der Waals surface area contributed by atoms with Gasteiger partial charge < -0.3 is 5.11 Å². The van der Waals surface area contributed by atoms with Crippen LogP contribution in [0.15, 0.2) is 0 Å². The number of hydrogen-bond donors (Lipinski definition) is 1. The normalized spacial score (nSPS) is 18.6. The summed E-state index contributed by atoms with van der Waals surface area (Å²) < 4.78 is 23.0. The Kier molecular flexibility index (Phi) is 4.76. The number of thioether (sulfide) groups is 1. The molecule has 1 aliphatic carbocycles. The number of rotatable bonds is 7. The van der Waals surface area contributed by atoms with Crippen molar-refractivity contribution < 1.29 is 18.3 Å². The lowest BCUT2D eigenvalue weighted by atomic mass is 10.1. The van der Waals surface area contributed by atoms with E-state index in [2.05, 4.69) is 0 Å². The quantitative estimate of drug-likeness (QED) is 0.729. The predicted molar refractivity (Wildman–Crippen MR) is 74.8 cm³/mol. The molecule has 0 saturated heterocycles. The molecule has 6 heteroatoms. The second-order valence-corrected chi connectivity index (χ2v) is 10.0. The molecule has 0 aromatic heterocycles.